The first-order valence-electron chi connectivity index (χ1n) is 5.56. The van der Waals surface area contributed by atoms with E-state index in [4.69, 9.17) is 16.0 Å². The molecule has 1 heterocycles. The van der Waals surface area contributed by atoms with Gasteiger partial charge in [0.1, 0.15) is 11.5 Å². The van der Waals surface area contributed by atoms with Crippen molar-refractivity contribution in [3.63, 3.8) is 0 Å². The van der Waals surface area contributed by atoms with Gasteiger partial charge >= 0.3 is 0 Å². The Morgan fingerprint density at radius 1 is 1.28 bits per heavy atom. The molecule has 5 heteroatoms. The van der Waals surface area contributed by atoms with Gasteiger partial charge in [-0.05, 0) is 18.2 Å². The number of nitrogens with one attached hydrogen (secondary N) is 1. The highest BCUT2D eigenvalue weighted by molar-refractivity contribution is 6.32. The van der Waals surface area contributed by atoms with E-state index in [1.54, 1.807) is 36.6 Å². The maximum atomic E-state index is 9.76. The largest absolute Gasteiger partial charge is 0.506 e. The van der Waals surface area contributed by atoms with Gasteiger partial charge in [-0.25, -0.2) is 0 Å². The lowest BCUT2D eigenvalue weighted by Crippen LogP contribution is -2.23. The normalized spacial score (nSPS) is 12.6. The van der Waals surface area contributed by atoms with Gasteiger partial charge in [0.15, 0.2) is 0 Å². The minimum atomic E-state index is -0.307. The van der Waals surface area contributed by atoms with Crippen molar-refractivity contribution in [2.24, 2.45) is 0 Å². The Labute approximate surface area is 110 Å². The van der Waals surface area contributed by atoms with Crippen LogP contribution in [0.15, 0.2) is 41.0 Å². The Bertz CT molecular complexity index is 499. The van der Waals surface area contributed by atoms with Crippen LogP contribution in [0.5, 0.6) is 5.75 Å². The topological polar surface area (TPSA) is 65.6 Å². The summed E-state index contributed by atoms with van der Waals surface area (Å²) in [4.78, 5) is 0. The van der Waals surface area contributed by atoms with E-state index in [9.17, 15) is 10.2 Å². The number of benzene rings is 1. The smallest absolute Gasteiger partial charge is 0.138 e. The minimum Gasteiger partial charge on any atom is -0.506 e. The number of aliphatic hydroxyl groups is 1. The molecule has 0 amide bonds. The molecule has 2 aromatic rings. The molecule has 1 unspecified atom stereocenters. The lowest BCUT2D eigenvalue weighted by Gasteiger charge is -2.14. The van der Waals surface area contributed by atoms with Crippen molar-refractivity contribution in [2.75, 3.05) is 6.61 Å². The van der Waals surface area contributed by atoms with Crippen LogP contribution in [0.3, 0.4) is 0 Å². The van der Waals surface area contributed by atoms with E-state index in [2.05, 4.69) is 5.32 Å². The molecular formula is C13H14ClNO3. The average molecular weight is 268 g/mol. The van der Waals surface area contributed by atoms with E-state index in [1.807, 2.05) is 0 Å². The molecular weight excluding hydrogens is 254 g/mol. The van der Waals surface area contributed by atoms with Crippen LogP contribution in [0.4, 0.5) is 0 Å². The Morgan fingerprint density at radius 3 is 2.78 bits per heavy atom. The molecule has 0 aliphatic rings. The van der Waals surface area contributed by atoms with Crippen LogP contribution in [0.25, 0.3) is 0 Å². The summed E-state index contributed by atoms with van der Waals surface area (Å²) < 4.78 is 5.22. The molecule has 0 aliphatic heterocycles. The highest BCUT2D eigenvalue weighted by Crippen LogP contribution is 2.27. The van der Waals surface area contributed by atoms with Gasteiger partial charge in [0.05, 0.1) is 23.9 Å². The summed E-state index contributed by atoms with van der Waals surface area (Å²) in [6.07, 6.45) is 1.55. The number of phenolic OH excluding ortho intramolecular Hbond substituents is 1. The second kappa shape index (κ2) is 5.91. The number of para-hydroxylation sites is 1. The van der Waals surface area contributed by atoms with Gasteiger partial charge in [-0.2, -0.15) is 0 Å². The van der Waals surface area contributed by atoms with Crippen LogP contribution in [-0.2, 0) is 6.54 Å². The standard InChI is InChI=1S/C13H14ClNO3/c14-10-4-1-3-9(13(10)17)7-15-11(8-16)12-5-2-6-18-12/h1-6,11,15-17H,7-8H2. The third kappa shape index (κ3) is 2.85. The molecule has 2 rings (SSSR count). The van der Waals surface area contributed by atoms with Crippen molar-refractivity contribution in [1.29, 1.82) is 0 Å². The van der Waals surface area contributed by atoms with Crippen LogP contribution in [0, 0.1) is 0 Å². The lowest BCUT2D eigenvalue weighted by atomic mass is 10.1. The fourth-order valence-corrected chi connectivity index (χ4v) is 1.87. The van der Waals surface area contributed by atoms with E-state index in [0.29, 0.717) is 22.9 Å². The number of rotatable bonds is 5. The Kier molecular flexibility index (Phi) is 4.25. The number of aliphatic hydroxyl groups excluding tert-OH is 1. The molecule has 0 saturated heterocycles. The SMILES string of the molecule is OCC(NCc1cccc(Cl)c1O)c1ccco1. The third-order valence-corrected chi connectivity index (χ3v) is 2.98. The maximum absolute atomic E-state index is 9.76. The van der Waals surface area contributed by atoms with Crippen LogP contribution in [0.1, 0.15) is 17.4 Å². The quantitative estimate of drug-likeness (QED) is 0.779. The van der Waals surface area contributed by atoms with Gasteiger partial charge in [-0.1, -0.05) is 23.7 Å². The van der Waals surface area contributed by atoms with Gasteiger partial charge < -0.3 is 19.9 Å². The van der Waals surface area contributed by atoms with Crippen LogP contribution in [-0.4, -0.2) is 16.8 Å². The molecule has 1 aromatic carbocycles. The number of aromatic hydroxyl groups is 1. The lowest BCUT2D eigenvalue weighted by molar-refractivity contribution is 0.225. The van der Waals surface area contributed by atoms with Crippen LogP contribution >= 0.6 is 11.6 Å². The Balaban J connectivity index is 2.04. The molecule has 0 spiro atoms. The predicted molar refractivity (Wildman–Crippen MR) is 68.5 cm³/mol. The number of furan rings is 1. The van der Waals surface area contributed by atoms with Crippen LogP contribution < -0.4 is 5.32 Å². The van der Waals surface area contributed by atoms with Crippen LogP contribution in [0.2, 0.25) is 5.02 Å². The monoisotopic (exact) mass is 267 g/mol. The minimum absolute atomic E-state index is 0.0581. The van der Waals surface area contributed by atoms with Crippen molar-refractivity contribution >= 4 is 11.6 Å². The molecule has 0 saturated carbocycles. The number of hydrogen-bond donors (Lipinski definition) is 3. The zero-order valence-corrected chi connectivity index (χ0v) is 10.4. The van der Waals surface area contributed by atoms with E-state index in [0.717, 1.165) is 0 Å². The molecule has 0 radical (unpaired) electrons. The first-order valence-corrected chi connectivity index (χ1v) is 5.94. The Morgan fingerprint density at radius 2 is 2.11 bits per heavy atom. The highest BCUT2D eigenvalue weighted by atomic mass is 35.5. The van der Waals surface area contributed by atoms with Crippen molar-refractivity contribution in [2.45, 2.75) is 12.6 Å². The summed E-state index contributed by atoms with van der Waals surface area (Å²) in [5.41, 5.74) is 0.674. The average Bonchev–Trinajstić information content (AvgIpc) is 2.89. The second-order valence-electron chi connectivity index (χ2n) is 3.88. The summed E-state index contributed by atoms with van der Waals surface area (Å²) in [5.74, 6) is 0.710. The number of halogens is 1. The van der Waals surface area contributed by atoms with E-state index >= 15 is 0 Å². The third-order valence-electron chi connectivity index (χ3n) is 2.68. The summed E-state index contributed by atoms with van der Waals surface area (Å²) in [7, 11) is 0. The Hall–Kier alpha value is -1.49. The summed E-state index contributed by atoms with van der Waals surface area (Å²) in [6.45, 7) is 0.299. The molecule has 4 nitrogen and oxygen atoms in total. The van der Waals surface area contributed by atoms with Crippen molar-refractivity contribution in [1.82, 2.24) is 5.32 Å². The van der Waals surface area contributed by atoms with Gasteiger partial charge in [-0.15, -0.1) is 0 Å². The molecule has 1 aromatic heterocycles. The first kappa shape index (κ1) is 13.0. The van der Waals surface area contributed by atoms with E-state index in [-0.39, 0.29) is 18.4 Å². The molecule has 3 N–H and O–H groups in total. The highest BCUT2D eigenvalue weighted by Gasteiger charge is 2.13. The fourth-order valence-electron chi connectivity index (χ4n) is 1.68. The predicted octanol–water partition coefficient (Wildman–Crippen LogP) is 2.46. The molecule has 1 atom stereocenters. The fraction of sp³-hybridized carbons (Fsp3) is 0.231. The maximum Gasteiger partial charge on any atom is 0.138 e. The van der Waals surface area contributed by atoms with Gasteiger partial charge in [0, 0.05) is 12.1 Å². The number of phenols is 1. The molecule has 0 fully saturated rings. The molecule has 96 valence electrons. The summed E-state index contributed by atoms with van der Waals surface area (Å²) in [6, 6.07) is 8.39. The van der Waals surface area contributed by atoms with Gasteiger partial charge in [0.25, 0.3) is 0 Å². The summed E-state index contributed by atoms with van der Waals surface area (Å²) >= 11 is 5.82. The summed E-state index contributed by atoms with van der Waals surface area (Å²) in [5, 5.41) is 22.5. The molecule has 0 aliphatic carbocycles. The number of hydrogen-bond acceptors (Lipinski definition) is 4. The van der Waals surface area contributed by atoms with E-state index < -0.39 is 0 Å². The first-order chi connectivity index (χ1) is 8.72. The zero-order valence-electron chi connectivity index (χ0n) is 9.64. The van der Waals surface area contributed by atoms with Gasteiger partial charge in [-0.3, -0.25) is 0 Å². The van der Waals surface area contributed by atoms with E-state index in [1.165, 1.54) is 0 Å². The second-order valence-corrected chi connectivity index (χ2v) is 4.29. The zero-order chi connectivity index (χ0) is 13.0. The van der Waals surface area contributed by atoms with Crippen molar-refractivity contribution in [3.05, 3.63) is 52.9 Å². The van der Waals surface area contributed by atoms with Crippen molar-refractivity contribution < 1.29 is 14.6 Å². The molecule has 18 heavy (non-hydrogen) atoms. The molecule has 0 bridgehead atoms. The van der Waals surface area contributed by atoms with Crippen molar-refractivity contribution in [3.8, 4) is 5.75 Å². The van der Waals surface area contributed by atoms with Gasteiger partial charge in [0.2, 0.25) is 0 Å².